The average molecular weight is 1510 g/mol. The Balaban J connectivity index is -0.00000118. The van der Waals surface area contributed by atoms with Crippen molar-refractivity contribution in [3.8, 4) is 0 Å². The third kappa shape index (κ3) is 43.3. The van der Waals surface area contributed by atoms with Crippen molar-refractivity contribution in [3.05, 3.63) is 36.5 Å². The molecule has 0 amide bonds. The molecule has 0 heterocycles. The lowest BCUT2D eigenvalue weighted by molar-refractivity contribution is -0.164. The van der Waals surface area contributed by atoms with Crippen LogP contribution in [0, 0.1) is 56.2 Å². The van der Waals surface area contributed by atoms with Gasteiger partial charge in [-0.25, -0.2) is 4.79 Å². The van der Waals surface area contributed by atoms with Crippen LogP contribution in [0.5, 0.6) is 0 Å². The van der Waals surface area contributed by atoms with Crippen molar-refractivity contribution in [3.63, 3.8) is 0 Å². The molecule has 3 aliphatic carbocycles. The number of carbonyl (C=O) groups is 11. The molecule has 0 radical (unpaired) electrons. The highest BCUT2D eigenvalue weighted by atomic mass is 32.2. The molecular weight excluding hydrogens is 1370 g/mol. The van der Waals surface area contributed by atoms with Gasteiger partial charge in [0.25, 0.3) is 0 Å². The number of ether oxygens (including phenoxy) is 9. The highest BCUT2D eigenvalue weighted by Crippen LogP contribution is 2.59. The molecule has 3 rings (SSSR count). The van der Waals surface area contributed by atoms with Gasteiger partial charge < -0.3 is 47.7 Å². The molecule has 6 unspecified atom stereocenters. The van der Waals surface area contributed by atoms with Crippen molar-refractivity contribution in [1.29, 1.82) is 0 Å². The number of rotatable bonds is 40. The van der Waals surface area contributed by atoms with Crippen molar-refractivity contribution in [2.24, 2.45) is 56.2 Å². The Labute approximate surface area is 635 Å². The van der Waals surface area contributed by atoms with Gasteiger partial charge >= 0.3 is 53.7 Å². The second-order valence-corrected chi connectivity index (χ2v) is 32.9. The van der Waals surface area contributed by atoms with Crippen LogP contribution in [0.1, 0.15) is 281 Å². The second kappa shape index (κ2) is 53.3. The SMILES string of the molecule is C=C(C)C(=O)OCC(O)COC(=O)C(C)(C)CC.C=C(C)C(=O)SCC(=O)OCCOC(=O)C(C)(C)CC.C=C(C)C(=O)SCC(=O)OCCOC(=O)C(C)(C)CC.CCC(C)(C)C(=O)OC1CC2CC1C1CCCC21.CCCCCCOC(=O)C(C)(C)CC.CCCCCCOC(=O)C(C)(C)CC. The molecule has 3 fully saturated rings. The maximum atomic E-state index is 12.2. The van der Waals surface area contributed by atoms with Gasteiger partial charge in [0.1, 0.15) is 51.8 Å². The molecule has 0 aromatic carbocycles. The summed E-state index contributed by atoms with van der Waals surface area (Å²) in [6, 6.07) is 0. The highest BCUT2D eigenvalue weighted by Gasteiger charge is 2.55. The molecular formula is C81H140O21S2. The fourth-order valence-electron chi connectivity index (χ4n) is 9.34. The first kappa shape index (κ1) is 103. The zero-order chi connectivity index (χ0) is 80.8. The van der Waals surface area contributed by atoms with E-state index in [0.29, 0.717) is 49.5 Å². The topological polar surface area (TPSA) is 291 Å². The lowest BCUT2D eigenvalue weighted by Crippen LogP contribution is -2.36. The van der Waals surface area contributed by atoms with E-state index < -0.39 is 40.3 Å². The van der Waals surface area contributed by atoms with E-state index in [0.717, 1.165) is 92.6 Å². The van der Waals surface area contributed by atoms with E-state index in [1.54, 1.807) is 55.4 Å². The van der Waals surface area contributed by atoms with Crippen LogP contribution in [0.2, 0.25) is 0 Å². The van der Waals surface area contributed by atoms with E-state index >= 15 is 0 Å². The molecule has 2 bridgehead atoms. The molecule has 3 saturated carbocycles. The maximum absolute atomic E-state index is 12.2. The van der Waals surface area contributed by atoms with Gasteiger partial charge in [-0.15, -0.1) is 0 Å². The number of carbonyl (C=O) groups excluding carboxylic acids is 11. The van der Waals surface area contributed by atoms with Gasteiger partial charge in [0.2, 0.25) is 10.2 Å². The minimum absolute atomic E-state index is 0.00775. The van der Waals surface area contributed by atoms with Crippen LogP contribution in [0.3, 0.4) is 0 Å². The Morgan fingerprint density at radius 3 is 1.04 bits per heavy atom. The van der Waals surface area contributed by atoms with Crippen LogP contribution >= 0.6 is 23.5 Å². The number of hydrogen-bond donors (Lipinski definition) is 1. The summed E-state index contributed by atoms with van der Waals surface area (Å²) in [7, 11) is 0. The van der Waals surface area contributed by atoms with Gasteiger partial charge in [-0.3, -0.25) is 47.9 Å². The van der Waals surface area contributed by atoms with E-state index in [1.807, 2.05) is 76.2 Å². The fourth-order valence-corrected chi connectivity index (χ4v) is 10.5. The highest BCUT2D eigenvalue weighted by molar-refractivity contribution is 8.14. The summed E-state index contributed by atoms with van der Waals surface area (Å²) in [5.41, 5.74) is -1.55. The normalized spacial score (nSPS) is 16.7. The molecule has 3 aliphatic rings. The third-order valence-corrected chi connectivity index (χ3v) is 21.3. The molecule has 0 aliphatic heterocycles. The van der Waals surface area contributed by atoms with Crippen LogP contribution in [0.15, 0.2) is 36.5 Å². The van der Waals surface area contributed by atoms with Gasteiger partial charge in [-0.05, 0) is 216 Å². The molecule has 6 atom stereocenters. The van der Waals surface area contributed by atoms with Gasteiger partial charge in [0, 0.05) is 5.57 Å². The Bertz CT molecular complexity index is 2560. The van der Waals surface area contributed by atoms with Crippen molar-refractivity contribution < 1.29 is 100 Å². The van der Waals surface area contributed by atoms with Gasteiger partial charge in [0.05, 0.1) is 57.2 Å². The van der Waals surface area contributed by atoms with Crippen molar-refractivity contribution in [2.75, 3.05) is 64.4 Å². The van der Waals surface area contributed by atoms with Crippen molar-refractivity contribution in [1.82, 2.24) is 0 Å². The Morgan fingerprint density at radius 1 is 0.385 bits per heavy atom. The molecule has 104 heavy (non-hydrogen) atoms. The molecule has 0 saturated heterocycles. The number of fused-ring (bicyclic) bond motifs is 5. The molecule has 0 aromatic heterocycles. The molecule has 21 nitrogen and oxygen atoms in total. The second-order valence-electron chi connectivity index (χ2n) is 31.0. The number of thioether (sulfide) groups is 2. The first-order valence-corrected chi connectivity index (χ1v) is 39.7. The maximum Gasteiger partial charge on any atom is 0.333 e. The van der Waals surface area contributed by atoms with Crippen LogP contribution in [-0.4, -0.2) is 146 Å². The Morgan fingerprint density at radius 2 is 0.702 bits per heavy atom. The summed E-state index contributed by atoms with van der Waals surface area (Å²) >= 11 is 1.69. The summed E-state index contributed by atoms with van der Waals surface area (Å²) in [6.45, 7) is 54.4. The van der Waals surface area contributed by atoms with Crippen molar-refractivity contribution in [2.45, 2.75) is 293 Å². The summed E-state index contributed by atoms with van der Waals surface area (Å²) in [5, 5.41) is 9.01. The third-order valence-electron chi connectivity index (χ3n) is 19.4. The molecule has 23 heteroatoms. The smallest absolute Gasteiger partial charge is 0.333 e. The minimum Gasteiger partial charge on any atom is -0.465 e. The lowest BCUT2D eigenvalue weighted by Gasteiger charge is -2.33. The number of hydrogen-bond acceptors (Lipinski definition) is 23. The zero-order valence-electron chi connectivity index (χ0n) is 68.5. The van der Waals surface area contributed by atoms with Crippen LogP contribution < -0.4 is 0 Å². The quantitative estimate of drug-likeness (QED) is 0.0258. The monoisotopic (exact) mass is 1510 g/mol. The van der Waals surface area contributed by atoms with E-state index in [-0.39, 0.29) is 125 Å². The van der Waals surface area contributed by atoms with E-state index in [9.17, 15) is 57.8 Å². The lowest BCUT2D eigenvalue weighted by atomic mass is 9.80. The van der Waals surface area contributed by atoms with E-state index in [1.165, 1.54) is 58.3 Å². The summed E-state index contributed by atoms with van der Waals surface area (Å²) in [4.78, 5) is 126. The van der Waals surface area contributed by atoms with Crippen LogP contribution in [0.4, 0.5) is 0 Å². The minimum atomic E-state index is -1.02. The molecule has 0 spiro atoms. The Kier molecular flexibility index (Phi) is 52.6. The van der Waals surface area contributed by atoms with Crippen LogP contribution in [-0.2, 0) is 95.4 Å². The van der Waals surface area contributed by atoms with Gasteiger partial charge in [0.15, 0.2) is 0 Å². The molecule has 1 N–H and O–H groups in total. The fraction of sp³-hybridized carbons (Fsp3) is 0.790. The van der Waals surface area contributed by atoms with Gasteiger partial charge in [-0.1, -0.05) is 144 Å². The number of esters is 9. The summed E-state index contributed by atoms with van der Waals surface area (Å²) in [5.74, 6) is 0.561. The Hall–Kier alpha value is -5.55. The largest absolute Gasteiger partial charge is 0.465 e. The van der Waals surface area contributed by atoms with E-state index in [2.05, 4.69) is 40.5 Å². The number of aliphatic hydroxyl groups excluding tert-OH is 1. The van der Waals surface area contributed by atoms with Gasteiger partial charge in [-0.2, -0.15) is 0 Å². The van der Waals surface area contributed by atoms with Crippen molar-refractivity contribution >= 4 is 87.5 Å². The number of aliphatic hydroxyl groups is 1. The first-order chi connectivity index (χ1) is 48.2. The summed E-state index contributed by atoms with van der Waals surface area (Å²) in [6.07, 6.45) is 19.7. The predicted octanol–water partition coefficient (Wildman–Crippen LogP) is 17.0. The number of unbranched alkanes of at least 4 members (excludes halogenated alkanes) is 6. The van der Waals surface area contributed by atoms with E-state index in [4.69, 9.17) is 42.6 Å². The first-order valence-electron chi connectivity index (χ1n) is 37.8. The molecule has 602 valence electrons. The standard InChI is InChI=1S/C16H26O2.2C14H22O5S.C13H22O5.2C12H24O2/c1-4-16(2,3)15(17)18-14-9-10-8-13(14)12-7-5-6-11(10)12;2*1-6-14(4,5)13(17)19-8-7-18-11(15)9-20-12(16)10(2)3;1-6-13(4,5)12(16)18-8-10(14)7-17-11(15)9(2)3;2*1-5-7-8-9-10-14-11(13)12(3,4)6-2/h10-14H,4-9H2,1-3H3;2*2,6-9H2,1,3-5H3;10,14H,2,6-8H2,1,3-5H3;2*5-10H2,1-4H3. The average Bonchev–Trinajstić information content (AvgIpc) is 1.60. The van der Waals surface area contributed by atoms with Crippen LogP contribution in [0.25, 0.3) is 0 Å². The molecule has 0 aromatic rings. The zero-order valence-corrected chi connectivity index (χ0v) is 70.2. The summed E-state index contributed by atoms with van der Waals surface area (Å²) < 4.78 is 45.7. The predicted molar refractivity (Wildman–Crippen MR) is 413 cm³/mol.